The normalized spacial score (nSPS) is 11.3. The molecular formula is C20H16N6. The summed E-state index contributed by atoms with van der Waals surface area (Å²) in [5, 5.41) is 4.62. The maximum Gasteiger partial charge on any atom is 0.177 e. The molecule has 0 saturated carbocycles. The van der Waals surface area contributed by atoms with E-state index in [9.17, 15) is 0 Å². The molecule has 1 N–H and O–H groups in total. The van der Waals surface area contributed by atoms with E-state index in [1.165, 1.54) is 0 Å². The molecule has 0 amide bonds. The minimum atomic E-state index is 0.836. The van der Waals surface area contributed by atoms with Crippen LogP contribution in [-0.2, 0) is 7.05 Å². The van der Waals surface area contributed by atoms with Gasteiger partial charge >= 0.3 is 0 Å². The van der Waals surface area contributed by atoms with Crippen molar-refractivity contribution in [3.05, 3.63) is 73.3 Å². The van der Waals surface area contributed by atoms with E-state index >= 15 is 0 Å². The van der Waals surface area contributed by atoms with Crippen LogP contribution in [0.25, 0.3) is 39.5 Å². The molecule has 0 atom stereocenters. The summed E-state index contributed by atoms with van der Waals surface area (Å²) in [5.74, 6) is 0.836. The van der Waals surface area contributed by atoms with Gasteiger partial charge in [-0.15, -0.1) is 0 Å². The van der Waals surface area contributed by atoms with Crippen LogP contribution in [0.4, 0.5) is 0 Å². The molecule has 26 heavy (non-hydrogen) atoms. The fraction of sp³-hybridized carbons (Fsp3) is 0.0500. The Morgan fingerprint density at radius 3 is 2.46 bits per heavy atom. The molecule has 0 aliphatic carbocycles. The lowest BCUT2D eigenvalue weighted by Gasteiger charge is -2.03. The summed E-state index contributed by atoms with van der Waals surface area (Å²) in [7, 11) is 1.92. The van der Waals surface area contributed by atoms with Gasteiger partial charge in [-0.1, -0.05) is 30.3 Å². The lowest BCUT2D eigenvalue weighted by molar-refractivity contribution is 0.790. The van der Waals surface area contributed by atoms with Crippen molar-refractivity contribution in [3.63, 3.8) is 0 Å². The number of nitrogens with one attached hydrogen (secondary N) is 1. The molecule has 3 aromatic heterocycles. The Balaban J connectivity index is 1.58. The van der Waals surface area contributed by atoms with E-state index < -0.39 is 0 Å². The van der Waals surface area contributed by atoms with E-state index in [0.717, 1.165) is 39.5 Å². The second kappa shape index (κ2) is 5.70. The quantitative estimate of drug-likeness (QED) is 0.543. The highest BCUT2D eigenvalue weighted by atomic mass is 15.3. The highest BCUT2D eigenvalue weighted by Crippen LogP contribution is 2.28. The first kappa shape index (κ1) is 14.7. The van der Waals surface area contributed by atoms with Crippen LogP contribution in [0.15, 0.2) is 73.3 Å². The fourth-order valence-electron chi connectivity index (χ4n) is 3.15. The summed E-state index contributed by atoms with van der Waals surface area (Å²) in [4.78, 5) is 12.3. The van der Waals surface area contributed by atoms with Gasteiger partial charge in [-0.2, -0.15) is 5.10 Å². The maximum atomic E-state index is 4.75. The Hall–Kier alpha value is -3.67. The van der Waals surface area contributed by atoms with E-state index in [-0.39, 0.29) is 0 Å². The zero-order valence-electron chi connectivity index (χ0n) is 14.2. The zero-order valence-corrected chi connectivity index (χ0v) is 14.2. The standard InChI is InChI=1S/C20H16N6/c1-25-20-18(17(24-25)14-5-3-2-4-6-14)22-19(23-20)15-7-9-16(10-8-15)26-12-11-21-13-26/h2-13H,1H3,(H,22,23). The molecule has 0 radical (unpaired) electrons. The number of aromatic nitrogens is 6. The zero-order chi connectivity index (χ0) is 17.5. The highest BCUT2D eigenvalue weighted by Gasteiger charge is 2.16. The number of nitrogens with zero attached hydrogens (tertiary/aromatic N) is 5. The molecule has 5 aromatic rings. The lowest BCUT2D eigenvalue weighted by Crippen LogP contribution is -1.93. The van der Waals surface area contributed by atoms with Gasteiger partial charge in [0.25, 0.3) is 0 Å². The van der Waals surface area contributed by atoms with E-state index in [2.05, 4.69) is 51.5 Å². The van der Waals surface area contributed by atoms with E-state index in [1.807, 2.05) is 40.7 Å². The molecule has 2 aromatic carbocycles. The third kappa shape index (κ3) is 2.31. The van der Waals surface area contributed by atoms with Crippen LogP contribution in [0.2, 0.25) is 0 Å². The molecule has 0 spiro atoms. The summed E-state index contributed by atoms with van der Waals surface area (Å²) in [6, 6.07) is 18.4. The van der Waals surface area contributed by atoms with E-state index in [1.54, 1.807) is 12.5 Å². The number of fused-ring (bicyclic) bond motifs is 1. The van der Waals surface area contributed by atoms with Crippen molar-refractivity contribution in [1.82, 2.24) is 29.3 Å². The predicted octanol–water partition coefficient (Wildman–Crippen LogP) is 3.82. The van der Waals surface area contributed by atoms with Crippen molar-refractivity contribution in [3.8, 4) is 28.3 Å². The Bertz CT molecular complexity index is 1160. The Kier molecular flexibility index (Phi) is 3.21. The first-order valence-electron chi connectivity index (χ1n) is 8.36. The van der Waals surface area contributed by atoms with Crippen LogP contribution in [0.1, 0.15) is 0 Å². The van der Waals surface area contributed by atoms with Gasteiger partial charge in [0.1, 0.15) is 17.0 Å². The Morgan fingerprint density at radius 2 is 1.73 bits per heavy atom. The minimum Gasteiger partial charge on any atom is -0.335 e. The van der Waals surface area contributed by atoms with Crippen LogP contribution in [0.3, 0.4) is 0 Å². The Morgan fingerprint density at radius 1 is 0.923 bits per heavy atom. The number of imidazole rings is 2. The van der Waals surface area contributed by atoms with E-state index in [4.69, 9.17) is 4.98 Å². The molecular weight excluding hydrogens is 324 g/mol. The van der Waals surface area contributed by atoms with Crippen molar-refractivity contribution < 1.29 is 0 Å². The van der Waals surface area contributed by atoms with Crippen molar-refractivity contribution in [2.45, 2.75) is 0 Å². The number of hydrogen-bond acceptors (Lipinski definition) is 3. The number of rotatable bonds is 3. The largest absolute Gasteiger partial charge is 0.335 e. The van der Waals surface area contributed by atoms with Crippen molar-refractivity contribution >= 4 is 11.2 Å². The topological polar surface area (TPSA) is 64.3 Å². The fourth-order valence-corrected chi connectivity index (χ4v) is 3.15. The monoisotopic (exact) mass is 340 g/mol. The summed E-state index contributed by atoms with van der Waals surface area (Å²) in [6.07, 6.45) is 5.48. The third-order valence-corrected chi connectivity index (χ3v) is 4.47. The number of aromatic amines is 1. The first-order chi connectivity index (χ1) is 12.8. The summed E-state index contributed by atoms with van der Waals surface area (Å²) in [6.45, 7) is 0. The summed E-state index contributed by atoms with van der Waals surface area (Å²) < 4.78 is 3.79. The highest BCUT2D eigenvalue weighted by molar-refractivity contribution is 5.90. The average Bonchev–Trinajstić information content (AvgIpc) is 3.41. The van der Waals surface area contributed by atoms with Crippen LogP contribution in [0, 0.1) is 0 Å². The summed E-state index contributed by atoms with van der Waals surface area (Å²) in [5.41, 5.74) is 5.88. The molecule has 126 valence electrons. The van der Waals surface area contributed by atoms with Gasteiger partial charge in [0.05, 0.1) is 6.33 Å². The summed E-state index contributed by atoms with van der Waals surface area (Å²) >= 11 is 0. The van der Waals surface area contributed by atoms with Crippen LogP contribution in [-0.4, -0.2) is 29.3 Å². The van der Waals surface area contributed by atoms with Crippen molar-refractivity contribution in [2.24, 2.45) is 7.05 Å². The van der Waals surface area contributed by atoms with Gasteiger partial charge in [-0.3, -0.25) is 0 Å². The molecule has 0 unspecified atom stereocenters. The van der Waals surface area contributed by atoms with Crippen LogP contribution < -0.4 is 0 Å². The lowest BCUT2D eigenvalue weighted by atomic mass is 10.1. The van der Waals surface area contributed by atoms with Gasteiger partial charge in [-0.05, 0) is 24.3 Å². The molecule has 0 saturated heterocycles. The second-order valence-electron chi connectivity index (χ2n) is 6.14. The van der Waals surface area contributed by atoms with E-state index in [0.29, 0.717) is 0 Å². The van der Waals surface area contributed by atoms with Gasteiger partial charge in [0, 0.05) is 36.3 Å². The molecule has 6 heteroatoms. The van der Waals surface area contributed by atoms with Gasteiger partial charge in [0.2, 0.25) is 0 Å². The second-order valence-corrected chi connectivity index (χ2v) is 6.14. The van der Waals surface area contributed by atoms with Gasteiger partial charge in [-0.25, -0.2) is 14.6 Å². The number of aryl methyl sites for hydroxylation is 1. The SMILES string of the molecule is Cn1nc(-c2ccccc2)c2[nH]c(-c3ccc(-n4ccnc4)cc3)nc21. The van der Waals surface area contributed by atoms with Gasteiger partial charge < -0.3 is 9.55 Å². The smallest absolute Gasteiger partial charge is 0.177 e. The molecule has 6 nitrogen and oxygen atoms in total. The molecule has 3 heterocycles. The van der Waals surface area contributed by atoms with Crippen molar-refractivity contribution in [2.75, 3.05) is 0 Å². The molecule has 0 aliphatic rings. The Labute approximate surface area is 149 Å². The number of benzene rings is 2. The molecule has 0 aliphatic heterocycles. The first-order valence-corrected chi connectivity index (χ1v) is 8.36. The predicted molar refractivity (Wildman–Crippen MR) is 101 cm³/mol. The van der Waals surface area contributed by atoms with Crippen LogP contribution >= 0.6 is 0 Å². The average molecular weight is 340 g/mol. The van der Waals surface area contributed by atoms with Gasteiger partial charge in [0.15, 0.2) is 5.65 Å². The molecule has 5 rings (SSSR count). The van der Waals surface area contributed by atoms with Crippen LogP contribution in [0.5, 0.6) is 0 Å². The van der Waals surface area contributed by atoms with Crippen molar-refractivity contribution in [1.29, 1.82) is 0 Å². The molecule has 0 bridgehead atoms. The third-order valence-electron chi connectivity index (χ3n) is 4.47. The number of hydrogen-bond donors (Lipinski definition) is 1. The minimum absolute atomic E-state index is 0.836. The molecule has 0 fully saturated rings. The number of H-pyrrole nitrogens is 1. The maximum absolute atomic E-state index is 4.75.